The molecule has 1 saturated carbocycles. The molecule has 0 amide bonds. The first-order valence-corrected chi connectivity index (χ1v) is 7.80. The zero-order valence-corrected chi connectivity index (χ0v) is 11.8. The van der Waals surface area contributed by atoms with Crippen LogP contribution in [-0.2, 0) is 0 Å². The number of piperidine rings is 1. The first-order valence-electron chi connectivity index (χ1n) is 7.80. The van der Waals surface area contributed by atoms with Crippen molar-refractivity contribution in [2.45, 2.75) is 70.9 Å². The van der Waals surface area contributed by atoms with Crippen LogP contribution in [0.2, 0.25) is 0 Å². The molecule has 0 radical (unpaired) electrons. The van der Waals surface area contributed by atoms with Crippen LogP contribution in [0.15, 0.2) is 0 Å². The molecule has 2 rings (SSSR count). The number of nitrogens with zero attached hydrogens (tertiary/aromatic N) is 1. The van der Waals surface area contributed by atoms with E-state index in [9.17, 15) is 0 Å². The zero-order chi connectivity index (χ0) is 12.1. The van der Waals surface area contributed by atoms with Crippen LogP contribution < -0.4 is 5.32 Å². The molecule has 1 N–H and O–H groups in total. The van der Waals surface area contributed by atoms with E-state index in [1.165, 1.54) is 64.6 Å². The molecule has 1 heterocycles. The predicted octanol–water partition coefficient (Wildman–Crippen LogP) is 3.03. The number of likely N-dealkylation sites (tertiary alicyclic amines) is 1. The van der Waals surface area contributed by atoms with Crippen LogP contribution in [0, 0.1) is 5.92 Å². The number of rotatable bonds is 7. The van der Waals surface area contributed by atoms with E-state index in [-0.39, 0.29) is 0 Å². The monoisotopic (exact) mass is 238 g/mol. The van der Waals surface area contributed by atoms with Crippen LogP contribution in [0.4, 0.5) is 0 Å². The molecule has 2 heteroatoms. The van der Waals surface area contributed by atoms with Gasteiger partial charge in [0.2, 0.25) is 0 Å². The molecule has 0 aromatic heterocycles. The van der Waals surface area contributed by atoms with E-state index < -0.39 is 0 Å². The van der Waals surface area contributed by atoms with Gasteiger partial charge in [-0.15, -0.1) is 0 Å². The third kappa shape index (κ3) is 4.59. The zero-order valence-electron chi connectivity index (χ0n) is 11.8. The van der Waals surface area contributed by atoms with Crippen molar-refractivity contribution >= 4 is 0 Å². The van der Waals surface area contributed by atoms with Crippen LogP contribution in [0.1, 0.15) is 58.8 Å². The first-order chi connectivity index (χ1) is 8.31. The van der Waals surface area contributed by atoms with E-state index >= 15 is 0 Å². The summed E-state index contributed by atoms with van der Waals surface area (Å²) in [4.78, 5) is 2.70. The number of hydrogen-bond acceptors (Lipinski definition) is 2. The second-order valence-corrected chi connectivity index (χ2v) is 6.14. The van der Waals surface area contributed by atoms with Gasteiger partial charge in [-0.05, 0) is 44.6 Å². The minimum atomic E-state index is 0.782. The molecule has 2 atom stereocenters. The Morgan fingerprint density at radius 2 is 1.88 bits per heavy atom. The fourth-order valence-corrected chi connectivity index (χ4v) is 3.21. The topological polar surface area (TPSA) is 15.3 Å². The Morgan fingerprint density at radius 3 is 2.53 bits per heavy atom. The van der Waals surface area contributed by atoms with E-state index in [0.29, 0.717) is 0 Å². The maximum atomic E-state index is 3.85. The largest absolute Gasteiger partial charge is 0.310 e. The Morgan fingerprint density at radius 1 is 1.06 bits per heavy atom. The lowest BCUT2D eigenvalue weighted by Crippen LogP contribution is -2.50. The van der Waals surface area contributed by atoms with Gasteiger partial charge < -0.3 is 10.2 Å². The van der Waals surface area contributed by atoms with Crippen molar-refractivity contribution in [3.63, 3.8) is 0 Å². The van der Waals surface area contributed by atoms with E-state index in [4.69, 9.17) is 0 Å². The number of hydrogen-bond donors (Lipinski definition) is 1. The van der Waals surface area contributed by atoms with Gasteiger partial charge in [0.1, 0.15) is 0 Å². The van der Waals surface area contributed by atoms with Crippen molar-refractivity contribution in [1.82, 2.24) is 10.2 Å². The second-order valence-electron chi connectivity index (χ2n) is 6.14. The molecule has 1 aliphatic heterocycles. The highest BCUT2D eigenvalue weighted by atomic mass is 15.2. The van der Waals surface area contributed by atoms with Crippen molar-refractivity contribution < 1.29 is 0 Å². The molecule has 0 spiro atoms. The van der Waals surface area contributed by atoms with Gasteiger partial charge in [0.05, 0.1) is 0 Å². The Labute approximate surface area is 107 Å². The standard InChI is InChI=1S/C15H30N2/c1-3-5-6-13-10-15(16-14-7-8-14)12-17(11-13)9-4-2/h13-16H,3-12H2,1-2H3. The van der Waals surface area contributed by atoms with E-state index in [1.807, 2.05) is 0 Å². The van der Waals surface area contributed by atoms with Gasteiger partial charge in [0.15, 0.2) is 0 Å². The van der Waals surface area contributed by atoms with Gasteiger partial charge in [-0.2, -0.15) is 0 Å². The smallest absolute Gasteiger partial charge is 0.0200 e. The predicted molar refractivity (Wildman–Crippen MR) is 74.3 cm³/mol. The van der Waals surface area contributed by atoms with Crippen LogP contribution in [0.25, 0.3) is 0 Å². The van der Waals surface area contributed by atoms with Crippen LogP contribution >= 0.6 is 0 Å². The first kappa shape index (κ1) is 13.4. The van der Waals surface area contributed by atoms with Crippen molar-refractivity contribution in [3.8, 4) is 0 Å². The lowest BCUT2D eigenvalue weighted by atomic mass is 9.89. The molecule has 17 heavy (non-hydrogen) atoms. The second kappa shape index (κ2) is 6.75. The van der Waals surface area contributed by atoms with Gasteiger partial charge in [-0.25, -0.2) is 0 Å². The van der Waals surface area contributed by atoms with Gasteiger partial charge in [0.25, 0.3) is 0 Å². The fourth-order valence-electron chi connectivity index (χ4n) is 3.21. The molecule has 2 unspecified atom stereocenters. The quantitative estimate of drug-likeness (QED) is 0.733. The lowest BCUT2D eigenvalue weighted by Gasteiger charge is -2.38. The minimum absolute atomic E-state index is 0.782. The molecule has 1 aliphatic carbocycles. The molecule has 2 fully saturated rings. The summed E-state index contributed by atoms with van der Waals surface area (Å²) in [6, 6.07) is 1.65. The third-order valence-corrected chi connectivity index (χ3v) is 4.17. The van der Waals surface area contributed by atoms with Crippen LogP contribution in [-0.4, -0.2) is 36.6 Å². The Kier molecular flexibility index (Phi) is 5.30. The molecular formula is C15H30N2. The average Bonchev–Trinajstić information content (AvgIpc) is 3.10. The summed E-state index contributed by atoms with van der Waals surface area (Å²) in [6.45, 7) is 8.57. The molecule has 2 aliphatic rings. The molecular weight excluding hydrogens is 208 g/mol. The summed E-state index contributed by atoms with van der Waals surface area (Å²) in [5.41, 5.74) is 0. The summed E-state index contributed by atoms with van der Waals surface area (Å²) in [5, 5.41) is 3.85. The summed E-state index contributed by atoms with van der Waals surface area (Å²) >= 11 is 0. The van der Waals surface area contributed by atoms with Crippen LogP contribution in [0.3, 0.4) is 0 Å². The van der Waals surface area contributed by atoms with Gasteiger partial charge in [0, 0.05) is 25.2 Å². The van der Waals surface area contributed by atoms with E-state index in [0.717, 1.165) is 18.0 Å². The van der Waals surface area contributed by atoms with Gasteiger partial charge >= 0.3 is 0 Å². The Hall–Kier alpha value is -0.0800. The van der Waals surface area contributed by atoms with Crippen molar-refractivity contribution in [3.05, 3.63) is 0 Å². The number of nitrogens with one attached hydrogen (secondary N) is 1. The highest BCUT2D eigenvalue weighted by molar-refractivity contribution is 4.90. The van der Waals surface area contributed by atoms with Crippen molar-refractivity contribution in [2.75, 3.05) is 19.6 Å². The molecule has 0 bridgehead atoms. The maximum Gasteiger partial charge on any atom is 0.0200 e. The molecule has 100 valence electrons. The third-order valence-electron chi connectivity index (χ3n) is 4.17. The van der Waals surface area contributed by atoms with E-state index in [2.05, 4.69) is 24.1 Å². The van der Waals surface area contributed by atoms with E-state index in [1.54, 1.807) is 0 Å². The minimum Gasteiger partial charge on any atom is -0.310 e. The van der Waals surface area contributed by atoms with Crippen LogP contribution in [0.5, 0.6) is 0 Å². The molecule has 0 aromatic rings. The lowest BCUT2D eigenvalue weighted by molar-refractivity contribution is 0.134. The fraction of sp³-hybridized carbons (Fsp3) is 1.00. The summed E-state index contributed by atoms with van der Waals surface area (Å²) in [5.74, 6) is 0.950. The average molecular weight is 238 g/mol. The maximum absolute atomic E-state index is 3.85. The molecule has 2 nitrogen and oxygen atoms in total. The highest BCUT2D eigenvalue weighted by Gasteiger charge is 2.30. The van der Waals surface area contributed by atoms with Crippen molar-refractivity contribution in [1.29, 1.82) is 0 Å². The number of unbranched alkanes of at least 4 members (excludes halogenated alkanes) is 1. The summed E-state index contributed by atoms with van der Waals surface area (Å²) < 4.78 is 0. The summed E-state index contributed by atoms with van der Waals surface area (Å²) in [7, 11) is 0. The molecule has 0 aromatic carbocycles. The highest BCUT2D eigenvalue weighted by Crippen LogP contribution is 2.26. The Balaban J connectivity index is 1.79. The van der Waals surface area contributed by atoms with Gasteiger partial charge in [-0.1, -0.05) is 26.7 Å². The van der Waals surface area contributed by atoms with Crippen molar-refractivity contribution in [2.24, 2.45) is 5.92 Å². The van der Waals surface area contributed by atoms with Gasteiger partial charge in [-0.3, -0.25) is 0 Å². The SMILES string of the molecule is CCCCC1CC(NC2CC2)CN(CCC)C1. The summed E-state index contributed by atoms with van der Waals surface area (Å²) in [6.07, 6.45) is 9.78. The Bertz CT molecular complexity index is 213. The normalized spacial score (nSPS) is 30.7. The molecule has 1 saturated heterocycles.